The summed E-state index contributed by atoms with van der Waals surface area (Å²) in [6, 6.07) is 20.5. The fourth-order valence-electron chi connectivity index (χ4n) is 3.40. The second-order valence-corrected chi connectivity index (χ2v) is 9.52. The molecule has 2 aromatic heterocycles. The monoisotopic (exact) mass is 447 g/mol. The van der Waals surface area contributed by atoms with Crippen LogP contribution in [-0.2, 0) is 0 Å². The van der Waals surface area contributed by atoms with E-state index in [4.69, 9.17) is 21.6 Å². The van der Waals surface area contributed by atoms with E-state index in [-0.39, 0.29) is 0 Å². The van der Waals surface area contributed by atoms with Gasteiger partial charge in [-0.05, 0) is 55.3 Å². The Bertz CT molecular complexity index is 1340. The van der Waals surface area contributed by atoms with E-state index in [1.165, 1.54) is 15.8 Å². The Morgan fingerprint density at radius 3 is 2.37 bits per heavy atom. The first-order valence-corrected chi connectivity index (χ1v) is 11.6. The van der Waals surface area contributed by atoms with Crippen molar-refractivity contribution in [1.82, 2.24) is 9.97 Å². The molecule has 3 aromatic carbocycles. The lowest BCUT2D eigenvalue weighted by atomic mass is 10.1. The maximum absolute atomic E-state index is 5.98. The van der Waals surface area contributed by atoms with Gasteiger partial charge in [0.15, 0.2) is 5.13 Å². The Balaban J connectivity index is 1.36. The summed E-state index contributed by atoms with van der Waals surface area (Å²) in [5.41, 5.74) is 7.71. The summed E-state index contributed by atoms with van der Waals surface area (Å²) < 4.78 is 1.21. The van der Waals surface area contributed by atoms with Crippen LogP contribution in [0.4, 0.5) is 10.8 Å². The average Bonchev–Trinajstić information content (AvgIpc) is 3.37. The molecule has 5 rings (SSSR count). The van der Waals surface area contributed by atoms with E-state index >= 15 is 0 Å². The van der Waals surface area contributed by atoms with Gasteiger partial charge in [-0.25, -0.2) is 9.97 Å². The molecule has 148 valence electrons. The van der Waals surface area contributed by atoms with Gasteiger partial charge in [-0.15, -0.1) is 11.3 Å². The van der Waals surface area contributed by atoms with Gasteiger partial charge in [0, 0.05) is 27.2 Å². The first kappa shape index (κ1) is 19.2. The highest BCUT2D eigenvalue weighted by molar-refractivity contribution is 7.22. The zero-order valence-electron chi connectivity index (χ0n) is 16.4. The number of fused-ring (bicyclic) bond motifs is 1. The molecule has 1 N–H and O–H groups in total. The van der Waals surface area contributed by atoms with E-state index in [0.29, 0.717) is 0 Å². The molecule has 0 aliphatic heterocycles. The minimum absolute atomic E-state index is 0.733. The number of nitrogens with zero attached hydrogens (tertiary/aromatic N) is 2. The van der Waals surface area contributed by atoms with Crippen molar-refractivity contribution in [2.24, 2.45) is 0 Å². The second kappa shape index (κ2) is 7.84. The largest absolute Gasteiger partial charge is 0.332 e. The molecule has 0 atom stereocenters. The highest BCUT2D eigenvalue weighted by atomic mass is 35.5. The molecule has 0 aliphatic rings. The fraction of sp³-hybridized carbons (Fsp3) is 0.0833. The molecule has 0 aliphatic carbocycles. The zero-order chi connectivity index (χ0) is 20.7. The van der Waals surface area contributed by atoms with Gasteiger partial charge in [-0.1, -0.05) is 53.3 Å². The summed E-state index contributed by atoms with van der Waals surface area (Å²) in [6.07, 6.45) is 0. The van der Waals surface area contributed by atoms with Crippen LogP contribution >= 0.6 is 34.3 Å². The van der Waals surface area contributed by atoms with Gasteiger partial charge in [0.25, 0.3) is 0 Å². The average molecular weight is 448 g/mol. The Morgan fingerprint density at radius 1 is 0.867 bits per heavy atom. The number of aryl methyl sites for hydroxylation is 2. The molecule has 2 heterocycles. The molecule has 0 radical (unpaired) electrons. The first-order chi connectivity index (χ1) is 14.5. The molecule has 6 heteroatoms. The predicted molar refractivity (Wildman–Crippen MR) is 130 cm³/mol. The molecule has 0 unspecified atom stereocenters. The number of halogens is 1. The predicted octanol–water partition coefficient (Wildman–Crippen LogP) is 8.10. The van der Waals surface area contributed by atoms with Crippen molar-refractivity contribution in [2.45, 2.75) is 13.8 Å². The van der Waals surface area contributed by atoms with Crippen molar-refractivity contribution in [3.63, 3.8) is 0 Å². The minimum atomic E-state index is 0.733. The van der Waals surface area contributed by atoms with Crippen LogP contribution in [0.15, 0.2) is 66.0 Å². The van der Waals surface area contributed by atoms with E-state index in [1.807, 2.05) is 24.3 Å². The number of anilines is 2. The van der Waals surface area contributed by atoms with E-state index in [9.17, 15) is 0 Å². The second-order valence-electron chi connectivity index (χ2n) is 7.19. The number of nitrogens with one attached hydrogen (secondary N) is 1. The van der Waals surface area contributed by atoms with Gasteiger partial charge in [0.2, 0.25) is 0 Å². The lowest BCUT2D eigenvalue weighted by Gasteiger charge is -2.03. The van der Waals surface area contributed by atoms with Crippen LogP contribution < -0.4 is 5.32 Å². The van der Waals surface area contributed by atoms with E-state index in [0.717, 1.165) is 43.2 Å². The summed E-state index contributed by atoms with van der Waals surface area (Å²) in [5.74, 6) is 0. The summed E-state index contributed by atoms with van der Waals surface area (Å²) in [4.78, 5) is 9.55. The van der Waals surface area contributed by atoms with Crippen molar-refractivity contribution in [3.8, 4) is 21.8 Å². The molecule has 0 fully saturated rings. The van der Waals surface area contributed by atoms with Crippen LogP contribution in [-0.4, -0.2) is 9.97 Å². The van der Waals surface area contributed by atoms with Crippen molar-refractivity contribution in [1.29, 1.82) is 0 Å². The smallest absolute Gasteiger partial charge is 0.188 e. The first-order valence-electron chi connectivity index (χ1n) is 9.52. The molecule has 0 saturated carbocycles. The number of aromatic nitrogens is 2. The molecule has 0 bridgehead atoms. The van der Waals surface area contributed by atoms with Crippen molar-refractivity contribution >= 4 is 55.3 Å². The van der Waals surface area contributed by atoms with Crippen molar-refractivity contribution < 1.29 is 0 Å². The van der Waals surface area contributed by atoms with Crippen LogP contribution in [0.3, 0.4) is 0 Å². The summed E-state index contributed by atoms with van der Waals surface area (Å²) >= 11 is 9.30. The number of hydrogen-bond acceptors (Lipinski definition) is 5. The van der Waals surface area contributed by atoms with E-state index in [1.54, 1.807) is 22.7 Å². The van der Waals surface area contributed by atoms with Gasteiger partial charge in [0.05, 0.1) is 15.9 Å². The molecule has 0 spiro atoms. The van der Waals surface area contributed by atoms with Crippen LogP contribution in [0.25, 0.3) is 32.0 Å². The van der Waals surface area contributed by atoms with Crippen LogP contribution in [0.5, 0.6) is 0 Å². The quantitative estimate of drug-likeness (QED) is 0.302. The lowest BCUT2D eigenvalue weighted by Crippen LogP contribution is -1.89. The van der Waals surface area contributed by atoms with Gasteiger partial charge >= 0.3 is 0 Å². The molecular formula is C24H18ClN3S2. The van der Waals surface area contributed by atoms with Crippen molar-refractivity contribution in [3.05, 3.63) is 82.2 Å². The highest BCUT2D eigenvalue weighted by Crippen LogP contribution is 2.33. The van der Waals surface area contributed by atoms with Crippen molar-refractivity contribution in [2.75, 3.05) is 5.32 Å². The van der Waals surface area contributed by atoms with E-state index < -0.39 is 0 Å². The van der Waals surface area contributed by atoms with E-state index in [2.05, 4.69) is 60.9 Å². The summed E-state index contributed by atoms with van der Waals surface area (Å²) in [7, 11) is 0. The Labute approximate surface area is 188 Å². The van der Waals surface area contributed by atoms with Gasteiger partial charge in [0.1, 0.15) is 5.01 Å². The lowest BCUT2D eigenvalue weighted by molar-refractivity contribution is 1.37. The molecule has 3 nitrogen and oxygen atoms in total. The van der Waals surface area contributed by atoms with Gasteiger partial charge in [-0.2, -0.15) is 0 Å². The molecule has 5 aromatic rings. The topological polar surface area (TPSA) is 37.8 Å². The SMILES string of the molecule is Cc1cc(C)c2nc(Nc3ccc(-c4csc(-c5ccc(Cl)cc5)n4)cc3)sc2c1. The molecule has 0 saturated heterocycles. The Morgan fingerprint density at radius 2 is 1.60 bits per heavy atom. The molecule has 30 heavy (non-hydrogen) atoms. The molecular weight excluding hydrogens is 430 g/mol. The van der Waals surface area contributed by atoms with Crippen LogP contribution in [0.1, 0.15) is 11.1 Å². The zero-order valence-corrected chi connectivity index (χ0v) is 18.8. The van der Waals surface area contributed by atoms with Gasteiger partial charge in [-0.3, -0.25) is 0 Å². The summed E-state index contributed by atoms with van der Waals surface area (Å²) in [6.45, 7) is 4.23. The number of hydrogen-bond donors (Lipinski definition) is 1. The maximum atomic E-state index is 5.98. The molecule has 0 amide bonds. The fourth-order valence-corrected chi connectivity index (χ4v) is 5.43. The van der Waals surface area contributed by atoms with Crippen LogP contribution in [0.2, 0.25) is 5.02 Å². The Hall–Kier alpha value is -2.73. The van der Waals surface area contributed by atoms with Gasteiger partial charge < -0.3 is 5.32 Å². The standard InChI is InChI=1S/C24H18ClN3S2/c1-14-11-15(2)22-21(12-14)30-24(28-22)26-19-9-5-16(6-10-19)20-13-29-23(27-20)17-3-7-18(25)8-4-17/h3-13H,1-2H3,(H,26,28). The normalized spacial score (nSPS) is 11.2. The summed E-state index contributed by atoms with van der Waals surface area (Å²) in [5, 5.41) is 8.15. The number of benzene rings is 3. The third kappa shape index (κ3) is 3.84. The Kier molecular flexibility index (Phi) is 5.03. The number of thiazole rings is 2. The minimum Gasteiger partial charge on any atom is -0.332 e. The highest BCUT2D eigenvalue weighted by Gasteiger charge is 2.09. The third-order valence-electron chi connectivity index (χ3n) is 4.86. The third-order valence-corrected chi connectivity index (χ3v) is 6.92. The number of rotatable bonds is 4. The maximum Gasteiger partial charge on any atom is 0.188 e. The van der Waals surface area contributed by atoms with Crippen LogP contribution in [0, 0.1) is 13.8 Å².